The van der Waals surface area contributed by atoms with E-state index in [1.165, 1.54) is 0 Å². The molecule has 0 N–H and O–H groups in total. The van der Waals surface area contributed by atoms with Crippen molar-refractivity contribution in [2.45, 2.75) is 38.9 Å². The molecule has 0 saturated carbocycles. The highest BCUT2D eigenvalue weighted by Crippen LogP contribution is 2.36. The molecule has 25 heavy (non-hydrogen) atoms. The normalized spacial score (nSPS) is 23.0. The number of benzene rings is 1. The number of para-hydroxylation sites is 2. The third-order valence-corrected chi connectivity index (χ3v) is 4.56. The molecule has 2 aliphatic heterocycles. The topological polar surface area (TPSA) is 64.2 Å². The third kappa shape index (κ3) is 3.18. The quantitative estimate of drug-likeness (QED) is 0.798. The maximum atomic E-state index is 12.8. The number of Topliss-reactive ketones (excluding diaryl/α,β-unsaturated/α-hetero) is 1. The maximum Gasteiger partial charge on any atom is 0.201 e. The summed E-state index contributed by atoms with van der Waals surface area (Å²) in [5, 5.41) is 0. The molecule has 2 atom stereocenters. The number of carbonyl (C=O) groups is 1. The SMILES string of the molecule is CCCC1=NC(C)C2=C1CN(c1ccccc1OCCF)C([N])C2=O. The van der Waals surface area contributed by atoms with Crippen molar-refractivity contribution < 1.29 is 13.9 Å². The van der Waals surface area contributed by atoms with Gasteiger partial charge in [0.1, 0.15) is 19.0 Å². The second-order valence-corrected chi connectivity index (χ2v) is 6.26. The van der Waals surface area contributed by atoms with Gasteiger partial charge >= 0.3 is 0 Å². The van der Waals surface area contributed by atoms with Crippen molar-refractivity contribution in [3.05, 3.63) is 35.4 Å². The van der Waals surface area contributed by atoms with E-state index < -0.39 is 12.8 Å². The average Bonchev–Trinajstić information content (AvgIpc) is 2.92. The predicted octanol–water partition coefficient (Wildman–Crippen LogP) is 2.76. The summed E-state index contributed by atoms with van der Waals surface area (Å²) in [6.07, 6.45) is 0.461. The number of hydrogen-bond donors (Lipinski definition) is 0. The van der Waals surface area contributed by atoms with E-state index in [0.29, 0.717) is 23.6 Å². The Bertz CT molecular complexity index is 729. The van der Waals surface area contributed by atoms with Crippen LogP contribution in [0.5, 0.6) is 5.75 Å². The zero-order valence-corrected chi connectivity index (χ0v) is 14.5. The van der Waals surface area contributed by atoms with Crippen molar-refractivity contribution in [1.29, 1.82) is 0 Å². The first-order valence-electron chi connectivity index (χ1n) is 8.65. The molecule has 0 spiro atoms. The van der Waals surface area contributed by atoms with Crippen LogP contribution in [-0.2, 0) is 4.79 Å². The third-order valence-electron chi connectivity index (χ3n) is 4.56. The van der Waals surface area contributed by atoms with Gasteiger partial charge in [0.05, 0.1) is 11.7 Å². The van der Waals surface area contributed by atoms with Crippen LogP contribution in [0.25, 0.3) is 0 Å². The highest BCUT2D eigenvalue weighted by molar-refractivity contribution is 6.16. The van der Waals surface area contributed by atoms with Gasteiger partial charge < -0.3 is 9.64 Å². The number of rotatable bonds is 6. The lowest BCUT2D eigenvalue weighted by molar-refractivity contribution is -0.117. The van der Waals surface area contributed by atoms with Crippen molar-refractivity contribution in [2.75, 3.05) is 24.7 Å². The molecule has 3 rings (SSSR count). The smallest absolute Gasteiger partial charge is 0.201 e. The summed E-state index contributed by atoms with van der Waals surface area (Å²) in [7, 11) is 0. The highest BCUT2D eigenvalue weighted by atomic mass is 19.1. The fourth-order valence-corrected chi connectivity index (χ4v) is 3.49. The number of ether oxygens (including phenoxy) is 1. The Morgan fingerprint density at radius 1 is 1.40 bits per heavy atom. The highest BCUT2D eigenvalue weighted by Gasteiger charge is 2.41. The Kier molecular flexibility index (Phi) is 5.18. The van der Waals surface area contributed by atoms with Crippen LogP contribution in [0.1, 0.15) is 26.7 Å². The van der Waals surface area contributed by atoms with Crippen LogP contribution >= 0.6 is 0 Å². The summed E-state index contributed by atoms with van der Waals surface area (Å²) in [4.78, 5) is 19.0. The van der Waals surface area contributed by atoms with Gasteiger partial charge in [0.15, 0.2) is 6.17 Å². The van der Waals surface area contributed by atoms with Gasteiger partial charge in [0.2, 0.25) is 5.78 Å². The van der Waals surface area contributed by atoms with Crippen LogP contribution in [0.4, 0.5) is 10.1 Å². The molecule has 2 unspecified atom stereocenters. The second-order valence-electron chi connectivity index (χ2n) is 6.26. The fraction of sp³-hybridized carbons (Fsp3) is 0.474. The van der Waals surface area contributed by atoms with Crippen molar-refractivity contribution in [3.8, 4) is 5.75 Å². The first-order chi connectivity index (χ1) is 12.1. The van der Waals surface area contributed by atoms with Crippen LogP contribution in [0, 0.1) is 0 Å². The number of anilines is 1. The van der Waals surface area contributed by atoms with E-state index in [9.17, 15) is 14.9 Å². The number of aliphatic imine (C=N–C) groups is 1. The summed E-state index contributed by atoms with van der Waals surface area (Å²) in [5.74, 6) is 0.139. The Labute approximate surface area is 147 Å². The van der Waals surface area contributed by atoms with Gasteiger partial charge in [0.25, 0.3) is 0 Å². The maximum absolute atomic E-state index is 12.8. The van der Waals surface area contributed by atoms with Crippen LogP contribution in [0.2, 0.25) is 0 Å². The number of carbonyl (C=O) groups excluding carboxylic acids is 1. The molecule has 2 heterocycles. The van der Waals surface area contributed by atoms with Crippen LogP contribution < -0.4 is 15.4 Å². The molecular formula is C19H22FN3O2. The molecule has 0 aromatic heterocycles. The minimum absolute atomic E-state index is 0.0670. The van der Waals surface area contributed by atoms with Crippen molar-refractivity contribution in [2.24, 2.45) is 4.99 Å². The van der Waals surface area contributed by atoms with Gasteiger partial charge in [-0.3, -0.25) is 9.79 Å². The van der Waals surface area contributed by atoms with E-state index in [0.717, 1.165) is 24.1 Å². The van der Waals surface area contributed by atoms with E-state index in [4.69, 9.17) is 4.74 Å². The Morgan fingerprint density at radius 3 is 2.88 bits per heavy atom. The van der Waals surface area contributed by atoms with Gasteiger partial charge in [-0.2, -0.15) is 0 Å². The fourth-order valence-electron chi connectivity index (χ4n) is 3.49. The Balaban J connectivity index is 1.97. The van der Waals surface area contributed by atoms with E-state index in [-0.39, 0.29) is 18.4 Å². The van der Waals surface area contributed by atoms with Gasteiger partial charge in [0, 0.05) is 23.4 Å². The number of ketones is 1. The molecule has 1 aromatic rings. The lowest BCUT2D eigenvalue weighted by atomic mass is 9.91. The molecule has 0 fully saturated rings. The van der Waals surface area contributed by atoms with Crippen LogP contribution in [0.15, 0.2) is 40.4 Å². The molecule has 0 amide bonds. The summed E-state index contributed by atoms with van der Waals surface area (Å²) < 4.78 is 17.9. The van der Waals surface area contributed by atoms with Crippen LogP contribution in [-0.4, -0.2) is 43.5 Å². The molecular weight excluding hydrogens is 321 g/mol. The zero-order chi connectivity index (χ0) is 18.0. The standard InChI is InChI=1S/C19H22FN3O2/c1-3-6-14-13-11-23(19(21)18(24)17(13)12(2)22-14)15-7-4-5-8-16(15)25-10-9-20/h4-5,7-8,12,19H,3,6,9-11H2,1-2H3. The molecule has 1 aromatic carbocycles. The van der Waals surface area contributed by atoms with Crippen molar-refractivity contribution in [1.82, 2.24) is 5.73 Å². The summed E-state index contributed by atoms with van der Waals surface area (Å²) >= 11 is 0. The molecule has 0 aliphatic carbocycles. The molecule has 6 heteroatoms. The largest absolute Gasteiger partial charge is 0.489 e. The Hall–Kier alpha value is -2.21. The van der Waals surface area contributed by atoms with Crippen LogP contribution in [0.3, 0.4) is 0 Å². The minimum atomic E-state index is -1.28. The second kappa shape index (κ2) is 7.35. The van der Waals surface area contributed by atoms with Crippen molar-refractivity contribution in [3.63, 3.8) is 0 Å². The first-order valence-corrected chi connectivity index (χ1v) is 8.65. The lowest BCUT2D eigenvalue weighted by Crippen LogP contribution is -2.49. The van der Waals surface area contributed by atoms with Gasteiger partial charge in [-0.1, -0.05) is 25.5 Å². The number of nitrogens with zero attached hydrogens (tertiary/aromatic N) is 3. The molecule has 5 nitrogen and oxygen atoms in total. The van der Waals surface area contributed by atoms with E-state index in [1.807, 2.05) is 6.92 Å². The number of hydrogen-bond acceptors (Lipinski definition) is 4. The molecule has 0 bridgehead atoms. The summed E-state index contributed by atoms with van der Waals surface area (Å²) in [6.45, 7) is 3.68. The predicted molar refractivity (Wildman–Crippen MR) is 95.0 cm³/mol. The van der Waals surface area contributed by atoms with Gasteiger partial charge in [-0.05, 0) is 25.5 Å². The molecule has 2 aliphatic rings. The monoisotopic (exact) mass is 343 g/mol. The molecule has 132 valence electrons. The summed E-state index contributed by atoms with van der Waals surface area (Å²) in [6, 6.07) is 6.85. The zero-order valence-electron chi connectivity index (χ0n) is 14.5. The molecule has 0 saturated heterocycles. The minimum Gasteiger partial charge on any atom is -0.489 e. The molecule has 2 radical (unpaired) electrons. The van der Waals surface area contributed by atoms with Gasteiger partial charge in [-0.15, -0.1) is 5.73 Å². The number of halogens is 1. The lowest BCUT2D eigenvalue weighted by Gasteiger charge is -2.35. The van der Waals surface area contributed by atoms with E-state index >= 15 is 0 Å². The average molecular weight is 343 g/mol. The Morgan fingerprint density at radius 2 is 2.16 bits per heavy atom. The first kappa shape index (κ1) is 17.6. The summed E-state index contributed by atoms with van der Waals surface area (Å²) in [5.41, 5.74) is 13.6. The van der Waals surface area contributed by atoms with E-state index in [2.05, 4.69) is 11.9 Å². The van der Waals surface area contributed by atoms with Crippen molar-refractivity contribution >= 4 is 17.2 Å². The van der Waals surface area contributed by atoms with E-state index in [1.54, 1.807) is 29.2 Å². The number of alkyl halides is 1. The van der Waals surface area contributed by atoms with Gasteiger partial charge in [-0.25, -0.2) is 4.39 Å².